The van der Waals surface area contributed by atoms with E-state index in [-0.39, 0.29) is 18.3 Å². The average molecular weight is 274 g/mol. The number of thiophene rings is 1. The molecule has 0 fully saturated rings. The average Bonchev–Trinajstić information content (AvgIpc) is 2.88. The molecular weight excluding hydrogens is 263 g/mol. The second kappa shape index (κ2) is 6.14. The monoisotopic (exact) mass is 274 g/mol. The van der Waals surface area contributed by atoms with Crippen molar-refractivity contribution in [3.8, 4) is 11.8 Å². The number of nitrogens with two attached hydrogens (primary N) is 1. The van der Waals surface area contributed by atoms with Gasteiger partial charge in [0.1, 0.15) is 5.82 Å². The fourth-order valence-corrected chi connectivity index (χ4v) is 2.15. The van der Waals surface area contributed by atoms with Crippen molar-refractivity contribution in [2.24, 2.45) is 5.73 Å². The minimum absolute atomic E-state index is 0.247. The van der Waals surface area contributed by atoms with E-state index in [4.69, 9.17) is 5.73 Å². The van der Waals surface area contributed by atoms with Crippen LogP contribution in [0.2, 0.25) is 0 Å². The van der Waals surface area contributed by atoms with Gasteiger partial charge in [-0.05, 0) is 30.3 Å². The smallest absolute Gasteiger partial charge is 0.256 e. The largest absolute Gasteiger partial charge is 0.322 e. The summed E-state index contributed by atoms with van der Waals surface area (Å²) in [5, 5.41) is 4.40. The molecule has 0 bridgehead atoms. The van der Waals surface area contributed by atoms with Crippen LogP contribution in [0.3, 0.4) is 0 Å². The van der Waals surface area contributed by atoms with Crippen LogP contribution in [0, 0.1) is 17.7 Å². The highest BCUT2D eigenvalue weighted by molar-refractivity contribution is 7.10. The molecule has 2 rings (SSSR count). The van der Waals surface area contributed by atoms with Crippen LogP contribution in [0.25, 0.3) is 0 Å². The molecule has 5 heteroatoms. The summed E-state index contributed by atoms with van der Waals surface area (Å²) < 4.78 is 12.7. The summed E-state index contributed by atoms with van der Waals surface area (Å²) in [4.78, 5) is 12.7. The summed E-state index contributed by atoms with van der Waals surface area (Å²) in [7, 11) is 0. The summed E-state index contributed by atoms with van der Waals surface area (Å²) in [5.74, 6) is 5.01. The molecule has 3 N–H and O–H groups in total. The number of nitrogens with one attached hydrogen (secondary N) is 1. The Kier molecular flexibility index (Phi) is 4.29. The highest BCUT2D eigenvalue weighted by atomic mass is 32.1. The van der Waals surface area contributed by atoms with Gasteiger partial charge < -0.3 is 11.1 Å². The van der Waals surface area contributed by atoms with Gasteiger partial charge in [-0.25, -0.2) is 4.39 Å². The van der Waals surface area contributed by atoms with Crippen molar-refractivity contribution in [3.63, 3.8) is 0 Å². The highest BCUT2D eigenvalue weighted by Crippen LogP contribution is 2.16. The number of benzene rings is 1. The molecule has 2 aromatic rings. The van der Waals surface area contributed by atoms with Gasteiger partial charge in [-0.15, -0.1) is 11.3 Å². The molecule has 0 aliphatic carbocycles. The van der Waals surface area contributed by atoms with Crippen LogP contribution in [-0.4, -0.2) is 12.5 Å². The summed E-state index contributed by atoms with van der Waals surface area (Å²) in [5.41, 5.74) is 6.35. The number of amides is 1. The Labute approximate surface area is 114 Å². The Hall–Kier alpha value is -2.16. The van der Waals surface area contributed by atoms with E-state index in [0.29, 0.717) is 11.3 Å². The first-order chi connectivity index (χ1) is 9.19. The second-order valence-electron chi connectivity index (χ2n) is 3.67. The van der Waals surface area contributed by atoms with Crippen LogP contribution in [0.1, 0.15) is 15.2 Å². The molecule has 0 spiro atoms. The third-order valence-corrected chi connectivity index (χ3v) is 3.12. The van der Waals surface area contributed by atoms with Crippen molar-refractivity contribution in [2.45, 2.75) is 0 Å². The van der Waals surface area contributed by atoms with E-state index in [1.165, 1.54) is 35.6 Å². The summed E-state index contributed by atoms with van der Waals surface area (Å²) >= 11 is 1.38. The lowest BCUT2D eigenvalue weighted by Crippen LogP contribution is -2.10. The number of carbonyl (C=O) groups is 1. The predicted octanol–water partition coefficient (Wildman–Crippen LogP) is 2.45. The van der Waals surface area contributed by atoms with Crippen LogP contribution >= 0.6 is 11.3 Å². The van der Waals surface area contributed by atoms with Crippen LogP contribution in [0.4, 0.5) is 10.1 Å². The first kappa shape index (κ1) is 13.3. The lowest BCUT2D eigenvalue weighted by molar-refractivity contribution is 0.102. The van der Waals surface area contributed by atoms with Crippen molar-refractivity contribution in [2.75, 3.05) is 11.9 Å². The molecule has 0 aliphatic rings. The van der Waals surface area contributed by atoms with Gasteiger partial charge in [0, 0.05) is 11.1 Å². The molecule has 1 aromatic heterocycles. The van der Waals surface area contributed by atoms with E-state index in [1.54, 1.807) is 11.4 Å². The minimum atomic E-state index is -0.340. The van der Waals surface area contributed by atoms with Gasteiger partial charge in [-0.3, -0.25) is 4.79 Å². The van der Waals surface area contributed by atoms with Gasteiger partial charge in [0.15, 0.2) is 0 Å². The normalized spacial score (nSPS) is 9.58. The first-order valence-corrected chi connectivity index (χ1v) is 6.41. The molecule has 0 saturated heterocycles. The number of anilines is 1. The van der Waals surface area contributed by atoms with E-state index in [2.05, 4.69) is 17.2 Å². The third-order valence-electron chi connectivity index (χ3n) is 2.28. The maximum Gasteiger partial charge on any atom is 0.256 e. The number of carbonyl (C=O) groups excluding carboxylic acids is 1. The molecule has 0 atom stereocenters. The van der Waals surface area contributed by atoms with Gasteiger partial charge >= 0.3 is 0 Å². The number of halogens is 1. The van der Waals surface area contributed by atoms with E-state index in [0.717, 1.165) is 4.88 Å². The molecule has 1 amide bonds. The van der Waals surface area contributed by atoms with Gasteiger partial charge in [0.2, 0.25) is 0 Å². The Balaban J connectivity index is 2.07. The number of hydrogen-bond donors (Lipinski definition) is 2. The summed E-state index contributed by atoms with van der Waals surface area (Å²) in [6, 6.07) is 7.30. The quantitative estimate of drug-likeness (QED) is 0.826. The fraction of sp³-hybridized carbons (Fsp3) is 0.0714. The zero-order valence-corrected chi connectivity index (χ0v) is 10.8. The van der Waals surface area contributed by atoms with Gasteiger partial charge in [-0.1, -0.05) is 11.8 Å². The molecule has 19 heavy (non-hydrogen) atoms. The van der Waals surface area contributed by atoms with Crippen molar-refractivity contribution < 1.29 is 9.18 Å². The second-order valence-corrected chi connectivity index (χ2v) is 4.58. The zero-order valence-electron chi connectivity index (χ0n) is 9.94. The lowest BCUT2D eigenvalue weighted by Gasteiger charge is -2.02. The molecule has 0 aliphatic heterocycles. The van der Waals surface area contributed by atoms with E-state index < -0.39 is 0 Å². The molecule has 1 heterocycles. The Morgan fingerprint density at radius 3 is 2.79 bits per heavy atom. The number of rotatable bonds is 2. The standard InChI is InChI=1S/C14H11FN2OS/c15-11-3-5-12(6-4-11)17-14(18)10-8-13(19-9-10)2-1-7-16/h3-6,8-9H,7,16H2,(H,17,18). The Bertz CT molecular complexity index is 637. The van der Waals surface area contributed by atoms with Gasteiger partial charge in [0.25, 0.3) is 5.91 Å². The lowest BCUT2D eigenvalue weighted by atomic mass is 10.2. The first-order valence-electron chi connectivity index (χ1n) is 5.53. The predicted molar refractivity (Wildman–Crippen MR) is 74.6 cm³/mol. The van der Waals surface area contributed by atoms with Gasteiger partial charge in [-0.2, -0.15) is 0 Å². The molecule has 96 valence electrons. The van der Waals surface area contributed by atoms with Crippen LogP contribution in [0.15, 0.2) is 35.7 Å². The Morgan fingerprint density at radius 2 is 2.11 bits per heavy atom. The van der Waals surface area contributed by atoms with Crippen molar-refractivity contribution in [3.05, 3.63) is 52.0 Å². The van der Waals surface area contributed by atoms with Crippen LogP contribution < -0.4 is 11.1 Å². The molecule has 0 radical (unpaired) electrons. The molecule has 0 saturated carbocycles. The van der Waals surface area contributed by atoms with E-state index in [9.17, 15) is 9.18 Å². The summed E-state index contributed by atoms with van der Waals surface area (Å²) in [6.07, 6.45) is 0. The number of hydrogen-bond acceptors (Lipinski definition) is 3. The van der Waals surface area contributed by atoms with Crippen molar-refractivity contribution in [1.82, 2.24) is 0 Å². The molecule has 1 aromatic carbocycles. The topological polar surface area (TPSA) is 55.1 Å². The van der Waals surface area contributed by atoms with E-state index >= 15 is 0 Å². The maximum absolute atomic E-state index is 12.7. The molecule has 3 nitrogen and oxygen atoms in total. The van der Waals surface area contributed by atoms with Crippen LogP contribution in [0.5, 0.6) is 0 Å². The van der Waals surface area contributed by atoms with E-state index in [1.807, 2.05) is 0 Å². The SMILES string of the molecule is NCC#Cc1cc(C(=O)Nc2ccc(F)cc2)cs1. The fourth-order valence-electron chi connectivity index (χ4n) is 1.40. The molecule has 0 unspecified atom stereocenters. The van der Waals surface area contributed by atoms with Crippen LogP contribution in [-0.2, 0) is 0 Å². The minimum Gasteiger partial charge on any atom is -0.322 e. The zero-order chi connectivity index (χ0) is 13.7. The van der Waals surface area contributed by atoms with Crippen molar-refractivity contribution >= 4 is 22.9 Å². The van der Waals surface area contributed by atoms with Gasteiger partial charge in [0.05, 0.1) is 17.0 Å². The summed E-state index contributed by atoms with van der Waals surface area (Å²) in [6.45, 7) is 0.287. The Morgan fingerprint density at radius 1 is 1.37 bits per heavy atom. The van der Waals surface area contributed by atoms with Crippen molar-refractivity contribution in [1.29, 1.82) is 0 Å². The maximum atomic E-state index is 12.7. The molecular formula is C14H11FN2OS. The third kappa shape index (κ3) is 3.65. The highest BCUT2D eigenvalue weighted by Gasteiger charge is 2.08.